The lowest BCUT2D eigenvalue weighted by Gasteiger charge is -2.17. The first-order valence-electron chi connectivity index (χ1n) is 10.0. The summed E-state index contributed by atoms with van der Waals surface area (Å²) in [5.74, 6) is 1.64. The number of ether oxygens (including phenoxy) is 1. The second kappa shape index (κ2) is 10.2. The zero-order chi connectivity index (χ0) is 24.2. The van der Waals surface area contributed by atoms with Crippen molar-refractivity contribution >= 4 is 16.7 Å². The van der Waals surface area contributed by atoms with Gasteiger partial charge in [0.05, 0.1) is 18.6 Å². The van der Waals surface area contributed by atoms with Crippen LogP contribution in [0.5, 0.6) is 5.75 Å². The lowest BCUT2D eigenvalue weighted by atomic mass is 10.1. The maximum absolute atomic E-state index is 8.49. The highest BCUT2D eigenvalue weighted by Gasteiger charge is 2.11. The molecule has 172 valence electrons. The van der Waals surface area contributed by atoms with E-state index in [-0.39, 0.29) is 0 Å². The van der Waals surface area contributed by atoms with E-state index in [2.05, 4.69) is 62.2 Å². The highest BCUT2D eigenvalue weighted by atomic mass is 35.7. The number of nitrogens with one attached hydrogen (secondary N) is 1. The fourth-order valence-electron chi connectivity index (χ4n) is 3.33. The smallest absolute Gasteiger partial charge is 0.218 e. The van der Waals surface area contributed by atoms with E-state index in [0.717, 1.165) is 39.1 Å². The Bertz CT molecular complexity index is 1320. The first-order chi connectivity index (χ1) is 15.5. The molecule has 1 heterocycles. The van der Waals surface area contributed by atoms with Crippen molar-refractivity contribution in [1.29, 1.82) is 0 Å². The van der Waals surface area contributed by atoms with Crippen molar-refractivity contribution in [3.05, 3.63) is 88.8 Å². The standard InChI is InChI=1S/C25H23NO2.ClHO4/c1-16-8-13-24-21(14-16)23(26-22-7-5-6-17(2)18(22)3)15-25(28-24)19-9-11-20(27-4)12-10-19;2-1(3,4)5/h5-15H,1-4H3;(H,2,3,4,5). The van der Waals surface area contributed by atoms with Crippen molar-refractivity contribution < 1.29 is 43.0 Å². The lowest BCUT2D eigenvalue weighted by molar-refractivity contribution is -2.00. The van der Waals surface area contributed by atoms with Crippen LogP contribution in [0.3, 0.4) is 0 Å². The molecule has 1 aromatic heterocycles. The molecule has 0 amide bonds. The Hall–Kier alpha value is -3.20. The Morgan fingerprint density at radius 3 is 2.15 bits per heavy atom. The minimum atomic E-state index is -4.94. The number of hydrogen-bond acceptors (Lipinski definition) is 6. The minimum Gasteiger partial charge on any atom is -0.497 e. The van der Waals surface area contributed by atoms with Crippen molar-refractivity contribution in [3.8, 4) is 17.1 Å². The van der Waals surface area contributed by atoms with Gasteiger partial charge in [-0.2, -0.15) is 0 Å². The number of aryl methyl sites for hydroxylation is 2. The van der Waals surface area contributed by atoms with Crippen LogP contribution in [0.25, 0.3) is 22.3 Å². The molecule has 8 heteroatoms. The molecule has 0 aliphatic rings. The predicted molar refractivity (Wildman–Crippen MR) is 113 cm³/mol. The van der Waals surface area contributed by atoms with Crippen LogP contribution < -0.4 is 33.7 Å². The van der Waals surface area contributed by atoms with Crippen LogP contribution >= 0.6 is 0 Å². The van der Waals surface area contributed by atoms with Gasteiger partial charge in [-0.3, -0.25) is 0 Å². The summed E-state index contributed by atoms with van der Waals surface area (Å²) in [7, 11) is -3.27. The predicted octanol–water partition coefficient (Wildman–Crippen LogP) is -0.409. The van der Waals surface area contributed by atoms with E-state index in [1.807, 2.05) is 30.3 Å². The molecular weight excluding hydrogens is 446 g/mol. The zero-order valence-corrected chi connectivity index (χ0v) is 19.4. The Kier molecular flexibility index (Phi) is 7.53. The van der Waals surface area contributed by atoms with Gasteiger partial charge in [-0.1, -0.05) is 23.8 Å². The fraction of sp³-hybridized carbons (Fsp3) is 0.160. The van der Waals surface area contributed by atoms with Crippen LogP contribution in [-0.2, 0) is 0 Å². The molecule has 0 spiro atoms. The average Bonchev–Trinajstić information content (AvgIpc) is 2.76. The Morgan fingerprint density at radius 1 is 0.848 bits per heavy atom. The largest absolute Gasteiger partial charge is 0.497 e. The van der Waals surface area contributed by atoms with E-state index in [1.165, 1.54) is 16.7 Å². The van der Waals surface area contributed by atoms with Gasteiger partial charge >= 0.3 is 0 Å². The third-order valence-corrected chi connectivity index (χ3v) is 5.17. The summed E-state index contributed by atoms with van der Waals surface area (Å²) < 4.78 is 45.5. The van der Waals surface area contributed by atoms with Crippen molar-refractivity contribution in [1.82, 2.24) is 0 Å². The molecule has 3 aromatic carbocycles. The molecule has 7 nitrogen and oxygen atoms in total. The summed E-state index contributed by atoms with van der Waals surface area (Å²) >= 11 is 0. The van der Waals surface area contributed by atoms with Gasteiger partial charge in [0, 0.05) is 17.2 Å². The van der Waals surface area contributed by atoms with Gasteiger partial charge in [-0.05, 0) is 62.7 Å². The molecule has 0 bridgehead atoms. The van der Waals surface area contributed by atoms with Crippen LogP contribution in [0.1, 0.15) is 16.7 Å². The van der Waals surface area contributed by atoms with Crippen LogP contribution in [0.15, 0.2) is 71.1 Å². The molecule has 4 rings (SSSR count). The van der Waals surface area contributed by atoms with Gasteiger partial charge < -0.3 is 9.15 Å². The molecule has 0 saturated heterocycles. The lowest BCUT2D eigenvalue weighted by Crippen LogP contribution is -2.70. The van der Waals surface area contributed by atoms with Gasteiger partial charge in [0.2, 0.25) is 11.0 Å². The molecule has 33 heavy (non-hydrogen) atoms. The summed E-state index contributed by atoms with van der Waals surface area (Å²) in [6.45, 7) is 6.37. The molecule has 1 N–H and O–H groups in total. The zero-order valence-electron chi connectivity index (χ0n) is 18.7. The second-order valence-electron chi connectivity index (χ2n) is 7.50. The molecule has 0 aliphatic carbocycles. The normalized spacial score (nSPS) is 11.8. The van der Waals surface area contributed by atoms with E-state index < -0.39 is 10.2 Å². The first-order valence-corrected chi connectivity index (χ1v) is 11.3. The fourth-order valence-corrected chi connectivity index (χ4v) is 3.33. The SMILES string of the molecule is COc1ccc(-c2cc(=[NH+]c3cccc(C)c3C)c3cc(C)ccc3o2)cc1.[O-][Cl+3]([O-])([O-])[O-]. The summed E-state index contributed by atoms with van der Waals surface area (Å²) in [6.07, 6.45) is 0. The van der Waals surface area contributed by atoms with Gasteiger partial charge in [0.15, 0.2) is 0 Å². The third kappa shape index (κ3) is 6.64. The van der Waals surface area contributed by atoms with Crippen molar-refractivity contribution in [2.75, 3.05) is 7.11 Å². The highest BCUT2D eigenvalue weighted by molar-refractivity contribution is 5.78. The van der Waals surface area contributed by atoms with Crippen LogP contribution in [0.2, 0.25) is 0 Å². The maximum atomic E-state index is 8.49. The Morgan fingerprint density at radius 2 is 1.52 bits per heavy atom. The van der Waals surface area contributed by atoms with E-state index >= 15 is 0 Å². The number of rotatable bonds is 3. The monoisotopic (exact) mass is 469 g/mol. The Labute approximate surface area is 193 Å². The maximum Gasteiger partial charge on any atom is 0.218 e. The van der Waals surface area contributed by atoms with E-state index in [4.69, 9.17) is 27.8 Å². The van der Waals surface area contributed by atoms with Crippen LogP contribution in [0.4, 0.5) is 5.69 Å². The van der Waals surface area contributed by atoms with Gasteiger partial charge in [0.25, 0.3) is 0 Å². The molecule has 0 fully saturated rings. The molecular formula is C25H24ClNO6. The summed E-state index contributed by atoms with van der Waals surface area (Å²) in [6, 6.07) is 22.6. The second-order valence-corrected chi connectivity index (χ2v) is 8.26. The summed E-state index contributed by atoms with van der Waals surface area (Å²) in [5, 5.41) is 2.10. The molecule has 0 aliphatic heterocycles. The van der Waals surface area contributed by atoms with Gasteiger partial charge in [-0.15, -0.1) is 10.2 Å². The number of halogens is 1. The minimum absolute atomic E-state index is 0.812. The van der Waals surface area contributed by atoms with Gasteiger partial charge in [0.1, 0.15) is 17.1 Å². The average molecular weight is 470 g/mol. The molecule has 0 saturated carbocycles. The van der Waals surface area contributed by atoms with Crippen molar-refractivity contribution in [3.63, 3.8) is 0 Å². The van der Waals surface area contributed by atoms with Gasteiger partial charge in [-0.25, -0.2) is 23.6 Å². The Balaban J connectivity index is 0.000000555. The van der Waals surface area contributed by atoms with Crippen molar-refractivity contribution in [2.45, 2.75) is 20.8 Å². The summed E-state index contributed by atoms with van der Waals surface area (Å²) in [5.41, 5.74) is 6.68. The number of benzene rings is 3. The number of hydrogen-bond donors (Lipinski definition) is 1. The first kappa shape index (κ1) is 24.4. The topological polar surface area (TPSA) is 129 Å². The number of fused-ring (bicyclic) bond motifs is 1. The molecule has 0 unspecified atom stereocenters. The highest BCUT2D eigenvalue weighted by Crippen LogP contribution is 2.24. The van der Waals surface area contributed by atoms with Crippen molar-refractivity contribution in [2.24, 2.45) is 0 Å². The van der Waals surface area contributed by atoms with E-state index in [1.54, 1.807) is 7.11 Å². The molecule has 4 aromatic rings. The number of methoxy groups -OCH3 is 1. The molecule has 0 radical (unpaired) electrons. The third-order valence-electron chi connectivity index (χ3n) is 5.17. The summed E-state index contributed by atoms with van der Waals surface area (Å²) in [4.78, 5) is 3.63. The van der Waals surface area contributed by atoms with Crippen LogP contribution in [0, 0.1) is 31.0 Å². The van der Waals surface area contributed by atoms with E-state index in [0.29, 0.717) is 0 Å². The molecule has 0 atom stereocenters. The quantitative estimate of drug-likeness (QED) is 0.434. The van der Waals surface area contributed by atoms with Crippen LogP contribution in [-0.4, -0.2) is 7.11 Å². The van der Waals surface area contributed by atoms with E-state index in [9.17, 15) is 0 Å².